The lowest BCUT2D eigenvalue weighted by molar-refractivity contribution is -0.137. The van der Waals surface area contributed by atoms with Crippen LogP contribution < -0.4 is 5.32 Å². The average Bonchev–Trinajstić information content (AvgIpc) is 2.52. The number of ether oxygens (including phenoxy) is 1. The highest BCUT2D eigenvalue weighted by Crippen LogP contribution is 2.29. The van der Waals surface area contributed by atoms with Gasteiger partial charge in [0.2, 0.25) is 0 Å². The van der Waals surface area contributed by atoms with Gasteiger partial charge in [0.1, 0.15) is 11.6 Å². The Balaban J connectivity index is 1.91. The minimum absolute atomic E-state index is 0.0574. The summed E-state index contributed by atoms with van der Waals surface area (Å²) in [6.45, 7) is -0.795. The van der Waals surface area contributed by atoms with Crippen molar-refractivity contribution in [2.75, 3.05) is 11.9 Å². The first kappa shape index (κ1) is 18.4. The summed E-state index contributed by atoms with van der Waals surface area (Å²) in [5.41, 5.74) is -1.38. The van der Waals surface area contributed by atoms with Gasteiger partial charge in [-0.2, -0.15) is 13.2 Å². The van der Waals surface area contributed by atoms with Crippen molar-refractivity contribution >= 4 is 17.6 Å². The molecule has 0 aliphatic carbocycles. The Morgan fingerprint density at radius 3 is 2.20 bits per heavy atom. The van der Waals surface area contributed by atoms with E-state index in [0.29, 0.717) is 6.07 Å². The van der Waals surface area contributed by atoms with Gasteiger partial charge in [0.05, 0.1) is 11.1 Å². The molecule has 0 aromatic heterocycles. The van der Waals surface area contributed by atoms with E-state index in [0.717, 1.165) is 36.4 Å². The number of rotatable bonds is 4. The predicted molar refractivity (Wildman–Crippen MR) is 76.7 cm³/mol. The molecule has 25 heavy (non-hydrogen) atoms. The van der Waals surface area contributed by atoms with E-state index in [9.17, 15) is 31.5 Å². The Bertz CT molecular complexity index is 787. The molecule has 4 nitrogen and oxygen atoms in total. The first-order chi connectivity index (χ1) is 11.7. The van der Waals surface area contributed by atoms with E-state index in [-0.39, 0.29) is 5.69 Å². The van der Waals surface area contributed by atoms with Crippen molar-refractivity contribution in [1.82, 2.24) is 0 Å². The number of carbonyl (C=O) groups excluding carboxylic acids is 2. The fraction of sp³-hybridized carbons (Fsp3) is 0.125. The molecule has 0 atom stereocenters. The second kappa shape index (κ2) is 7.29. The second-order valence-corrected chi connectivity index (χ2v) is 4.82. The van der Waals surface area contributed by atoms with E-state index < -0.39 is 47.4 Å². The summed E-state index contributed by atoms with van der Waals surface area (Å²) in [6.07, 6.45) is -4.50. The highest BCUT2D eigenvalue weighted by atomic mass is 19.4. The SMILES string of the molecule is O=C(COC(=O)c1ccc(F)cc1F)Nc1ccc(C(F)(F)F)cc1. The van der Waals surface area contributed by atoms with Gasteiger partial charge >= 0.3 is 12.1 Å². The smallest absolute Gasteiger partial charge is 0.416 e. The van der Waals surface area contributed by atoms with Crippen molar-refractivity contribution in [3.05, 3.63) is 65.2 Å². The molecule has 0 aliphatic rings. The van der Waals surface area contributed by atoms with Crippen LogP contribution in [-0.2, 0) is 15.7 Å². The molecule has 2 aromatic rings. The first-order valence-electron chi connectivity index (χ1n) is 6.76. The van der Waals surface area contributed by atoms with Gasteiger partial charge in [-0.15, -0.1) is 0 Å². The number of alkyl halides is 3. The minimum atomic E-state index is -4.50. The molecule has 132 valence electrons. The van der Waals surface area contributed by atoms with Gasteiger partial charge in [-0.3, -0.25) is 4.79 Å². The molecule has 0 heterocycles. The molecule has 0 fully saturated rings. The summed E-state index contributed by atoms with van der Waals surface area (Å²) in [5, 5.41) is 2.21. The van der Waals surface area contributed by atoms with Gasteiger partial charge in [-0.1, -0.05) is 0 Å². The van der Waals surface area contributed by atoms with E-state index in [1.54, 1.807) is 0 Å². The van der Waals surface area contributed by atoms with Gasteiger partial charge < -0.3 is 10.1 Å². The third-order valence-corrected chi connectivity index (χ3v) is 2.98. The summed E-state index contributed by atoms with van der Waals surface area (Å²) in [7, 11) is 0. The minimum Gasteiger partial charge on any atom is -0.452 e. The van der Waals surface area contributed by atoms with Crippen LogP contribution in [-0.4, -0.2) is 18.5 Å². The van der Waals surface area contributed by atoms with Gasteiger partial charge in [0.15, 0.2) is 6.61 Å². The molecule has 1 N–H and O–H groups in total. The molecule has 1 amide bonds. The summed E-state index contributed by atoms with van der Waals surface area (Å²) in [5.74, 6) is -4.04. The third kappa shape index (κ3) is 5.00. The van der Waals surface area contributed by atoms with Crippen molar-refractivity contribution in [3.63, 3.8) is 0 Å². The summed E-state index contributed by atoms with van der Waals surface area (Å²) in [4.78, 5) is 23.2. The van der Waals surface area contributed by atoms with Crippen molar-refractivity contribution in [3.8, 4) is 0 Å². The molecule has 2 aromatic carbocycles. The Morgan fingerprint density at radius 1 is 1.00 bits per heavy atom. The van der Waals surface area contributed by atoms with Gasteiger partial charge in [0, 0.05) is 11.8 Å². The van der Waals surface area contributed by atoms with E-state index in [1.165, 1.54) is 0 Å². The first-order valence-corrected chi connectivity index (χ1v) is 6.76. The predicted octanol–water partition coefficient (Wildman–Crippen LogP) is 3.78. The van der Waals surface area contributed by atoms with E-state index in [2.05, 4.69) is 10.1 Å². The molecule has 0 aliphatic heterocycles. The van der Waals surface area contributed by atoms with Crippen LogP contribution >= 0.6 is 0 Å². The molecule has 0 radical (unpaired) electrons. The molecule has 0 saturated heterocycles. The van der Waals surface area contributed by atoms with Gasteiger partial charge in [0.25, 0.3) is 5.91 Å². The fourth-order valence-electron chi connectivity index (χ4n) is 1.80. The number of anilines is 1. The van der Waals surface area contributed by atoms with Crippen LogP contribution in [0.5, 0.6) is 0 Å². The lowest BCUT2D eigenvalue weighted by Gasteiger charge is -2.09. The standard InChI is InChI=1S/C16H10F5NO3/c17-10-3-6-12(13(18)7-10)15(24)25-8-14(23)22-11-4-1-9(2-5-11)16(19,20)21/h1-7H,8H2,(H,22,23). The van der Waals surface area contributed by atoms with Crippen molar-refractivity contribution in [2.24, 2.45) is 0 Å². The van der Waals surface area contributed by atoms with Crippen LogP contribution in [0.15, 0.2) is 42.5 Å². The maximum atomic E-state index is 13.4. The molecule has 0 unspecified atom stereocenters. The number of amides is 1. The highest BCUT2D eigenvalue weighted by Gasteiger charge is 2.30. The summed E-state index contributed by atoms with van der Waals surface area (Å²) >= 11 is 0. The second-order valence-electron chi connectivity index (χ2n) is 4.82. The lowest BCUT2D eigenvalue weighted by Crippen LogP contribution is -2.21. The Kier molecular flexibility index (Phi) is 5.35. The Morgan fingerprint density at radius 2 is 1.64 bits per heavy atom. The number of halogens is 5. The van der Waals surface area contributed by atoms with Gasteiger partial charge in [-0.05, 0) is 36.4 Å². The Labute approximate surface area is 138 Å². The van der Waals surface area contributed by atoms with Crippen LogP contribution in [0, 0.1) is 11.6 Å². The molecular formula is C16H10F5NO3. The maximum absolute atomic E-state index is 13.4. The zero-order valence-electron chi connectivity index (χ0n) is 12.4. The highest BCUT2D eigenvalue weighted by molar-refractivity contribution is 5.95. The van der Waals surface area contributed by atoms with Crippen LogP contribution in [0.25, 0.3) is 0 Å². The quantitative estimate of drug-likeness (QED) is 0.668. The zero-order valence-corrected chi connectivity index (χ0v) is 12.4. The van der Waals surface area contributed by atoms with Crippen molar-refractivity contribution < 1.29 is 36.3 Å². The summed E-state index contributed by atoms with van der Waals surface area (Å²) in [6, 6.07) is 5.80. The lowest BCUT2D eigenvalue weighted by atomic mass is 10.2. The largest absolute Gasteiger partial charge is 0.452 e. The molecular weight excluding hydrogens is 349 g/mol. The average molecular weight is 359 g/mol. The molecule has 0 spiro atoms. The Hall–Kier alpha value is -2.97. The van der Waals surface area contributed by atoms with Crippen molar-refractivity contribution in [1.29, 1.82) is 0 Å². The van der Waals surface area contributed by atoms with E-state index in [1.807, 2.05) is 0 Å². The van der Waals surface area contributed by atoms with Crippen LogP contribution in [0.3, 0.4) is 0 Å². The number of carbonyl (C=O) groups is 2. The summed E-state index contributed by atoms with van der Waals surface area (Å²) < 4.78 is 67.9. The van der Waals surface area contributed by atoms with Crippen molar-refractivity contribution in [2.45, 2.75) is 6.18 Å². The number of nitrogens with one attached hydrogen (secondary N) is 1. The third-order valence-electron chi connectivity index (χ3n) is 2.98. The van der Waals surface area contributed by atoms with Crippen LogP contribution in [0.4, 0.5) is 27.6 Å². The van der Waals surface area contributed by atoms with Crippen LogP contribution in [0.1, 0.15) is 15.9 Å². The zero-order chi connectivity index (χ0) is 18.6. The van der Waals surface area contributed by atoms with Gasteiger partial charge in [-0.25, -0.2) is 13.6 Å². The molecule has 0 saturated carbocycles. The molecule has 0 bridgehead atoms. The number of hydrogen-bond acceptors (Lipinski definition) is 3. The van der Waals surface area contributed by atoms with E-state index in [4.69, 9.17) is 0 Å². The monoisotopic (exact) mass is 359 g/mol. The van der Waals surface area contributed by atoms with Crippen LogP contribution in [0.2, 0.25) is 0 Å². The number of benzene rings is 2. The number of esters is 1. The number of hydrogen-bond donors (Lipinski definition) is 1. The molecule has 9 heteroatoms. The van der Waals surface area contributed by atoms with E-state index >= 15 is 0 Å². The normalized spacial score (nSPS) is 11.1. The maximum Gasteiger partial charge on any atom is 0.416 e. The topological polar surface area (TPSA) is 55.4 Å². The molecule has 2 rings (SSSR count). The fourth-order valence-corrected chi connectivity index (χ4v) is 1.80.